The largest absolute Gasteiger partial charge is 0.294 e. The summed E-state index contributed by atoms with van der Waals surface area (Å²) in [6, 6.07) is 1.90. The predicted molar refractivity (Wildman–Crippen MR) is 69.3 cm³/mol. The van der Waals surface area contributed by atoms with Gasteiger partial charge in [-0.1, -0.05) is 0 Å². The van der Waals surface area contributed by atoms with Crippen molar-refractivity contribution >= 4 is 33.5 Å². The lowest BCUT2D eigenvalue weighted by molar-refractivity contribution is 0.597. The lowest BCUT2D eigenvalue weighted by atomic mass is 10.3. The fraction of sp³-hybridized carbons (Fsp3) is 0.400. The molecule has 82 valence electrons. The summed E-state index contributed by atoms with van der Waals surface area (Å²) in [4.78, 5) is 4.01. The van der Waals surface area contributed by atoms with Crippen molar-refractivity contribution in [1.82, 2.24) is 4.98 Å². The van der Waals surface area contributed by atoms with Crippen LogP contribution in [0.25, 0.3) is 0 Å². The fourth-order valence-electron chi connectivity index (χ4n) is 0.768. The molecule has 5 heteroatoms. The van der Waals surface area contributed by atoms with Crippen LogP contribution in [0.4, 0.5) is 0 Å². The Hall–Kier alpha value is -0.390. The number of halogens is 1. The first-order valence-corrected chi connectivity index (χ1v) is 6.41. The molecule has 1 heterocycles. The van der Waals surface area contributed by atoms with Gasteiger partial charge in [0.15, 0.2) is 4.75 Å². The molecule has 3 nitrogen and oxygen atoms in total. The second-order valence-corrected chi connectivity index (χ2v) is 6.93. The monoisotopic (exact) mass is 289 g/mol. The Kier molecular flexibility index (Phi) is 4.31. The summed E-state index contributed by atoms with van der Waals surface area (Å²) < 4.78 is 14.5. The van der Waals surface area contributed by atoms with Gasteiger partial charge in [0, 0.05) is 22.4 Å². The molecule has 1 atom stereocenters. The van der Waals surface area contributed by atoms with E-state index in [1.807, 2.05) is 26.8 Å². The van der Waals surface area contributed by atoms with E-state index in [9.17, 15) is 4.55 Å². The first kappa shape index (κ1) is 12.7. The third kappa shape index (κ3) is 4.32. The highest BCUT2D eigenvalue weighted by molar-refractivity contribution is 9.10. The Bertz CT molecular complexity index is 363. The summed E-state index contributed by atoms with van der Waals surface area (Å²) in [5, 5.41) is 0. The van der Waals surface area contributed by atoms with Crippen LogP contribution in [0.2, 0.25) is 0 Å². The highest BCUT2D eigenvalue weighted by Gasteiger charge is 2.34. The van der Waals surface area contributed by atoms with E-state index < -0.39 is 11.4 Å². The SMILES string of the molecule is CC(C)(C)[S+](O)N=Cc1cncc(Br)c1. The molecule has 1 rings (SSSR count). The molecule has 1 N–H and O–H groups in total. The average Bonchev–Trinajstić information content (AvgIpc) is 2.12. The minimum Gasteiger partial charge on any atom is -0.263 e. The third-order valence-corrected chi connectivity index (χ3v) is 3.41. The molecule has 0 aliphatic heterocycles. The number of pyridine rings is 1. The maximum atomic E-state index is 9.71. The molecule has 1 aromatic rings. The molecule has 15 heavy (non-hydrogen) atoms. The van der Waals surface area contributed by atoms with E-state index in [-0.39, 0.29) is 4.75 Å². The highest BCUT2D eigenvalue weighted by atomic mass is 79.9. The van der Waals surface area contributed by atoms with Crippen molar-refractivity contribution in [2.45, 2.75) is 25.5 Å². The van der Waals surface area contributed by atoms with Crippen LogP contribution in [0.5, 0.6) is 0 Å². The number of hydrogen-bond donors (Lipinski definition) is 1. The van der Waals surface area contributed by atoms with Crippen LogP contribution in [0.3, 0.4) is 0 Å². The smallest absolute Gasteiger partial charge is 0.263 e. The standard InChI is InChI=1S/C10H14BrN2OS/c1-10(2,3)15(14)13-6-8-4-9(11)7-12-5-8/h4-7,14H,1-3H3/q+1. The first-order valence-electron chi connectivity index (χ1n) is 4.48. The molecule has 0 saturated carbocycles. The van der Waals surface area contributed by atoms with Gasteiger partial charge in [0.05, 0.1) is 6.21 Å². The molecule has 0 aliphatic rings. The molecule has 1 unspecified atom stereocenters. The van der Waals surface area contributed by atoms with Gasteiger partial charge < -0.3 is 0 Å². The number of aromatic nitrogens is 1. The van der Waals surface area contributed by atoms with E-state index in [0.717, 1.165) is 10.0 Å². The molecule has 0 aliphatic carbocycles. The summed E-state index contributed by atoms with van der Waals surface area (Å²) >= 11 is 2.36. The normalized spacial score (nSPS) is 14.5. The van der Waals surface area contributed by atoms with Crippen molar-refractivity contribution < 1.29 is 4.55 Å². The summed E-state index contributed by atoms with van der Waals surface area (Å²) in [6.45, 7) is 5.85. The summed E-state index contributed by atoms with van der Waals surface area (Å²) in [6.07, 6.45) is 5.06. The van der Waals surface area contributed by atoms with Gasteiger partial charge in [-0.3, -0.25) is 4.98 Å². The molecule has 0 bridgehead atoms. The molecule has 0 aromatic carbocycles. The van der Waals surface area contributed by atoms with Crippen LogP contribution in [0.1, 0.15) is 26.3 Å². The highest BCUT2D eigenvalue weighted by Crippen LogP contribution is 2.17. The van der Waals surface area contributed by atoms with Crippen LogP contribution >= 0.6 is 15.9 Å². The van der Waals surface area contributed by atoms with Crippen molar-refractivity contribution in [2.24, 2.45) is 4.40 Å². The molecule has 0 saturated heterocycles. The summed E-state index contributed by atoms with van der Waals surface area (Å²) in [7, 11) is 0. The van der Waals surface area contributed by atoms with Crippen molar-refractivity contribution in [1.29, 1.82) is 0 Å². The van der Waals surface area contributed by atoms with Gasteiger partial charge in [0.2, 0.25) is 0 Å². The Morgan fingerprint density at radius 2 is 2.13 bits per heavy atom. The molecule has 0 spiro atoms. The second-order valence-electron chi connectivity index (χ2n) is 4.05. The average molecular weight is 290 g/mol. The Labute approximate surface area is 101 Å². The molecule has 0 amide bonds. The van der Waals surface area contributed by atoms with Crippen molar-refractivity contribution in [3.05, 3.63) is 28.5 Å². The summed E-state index contributed by atoms with van der Waals surface area (Å²) in [5.41, 5.74) is 0.875. The van der Waals surface area contributed by atoms with Gasteiger partial charge in [0.25, 0.3) is 11.4 Å². The van der Waals surface area contributed by atoms with Crippen LogP contribution in [0.15, 0.2) is 27.3 Å². The van der Waals surface area contributed by atoms with E-state index in [1.165, 1.54) is 0 Å². The van der Waals surface area contributed by atoms with Gasteiger partial charge >= 0.3 is 0 Å². The first-order chi connectivity index (χ1) is 6.89. The van der Waals surface area contributed by atoms with Gasteiger partial charge in [-0.15, -0.1) is 0 Å². The minimum absolute atomic E-state index is 0.212. The van der Waals surface area contributed by atoms with Crippen LogP contribution < -0.4 is 0 Å². The van der Waals surface area contributed by atoms with Gasteiger partial charge in [0.1, 0.15) is 0 Å². The quantitative estimate of drug-likeness (QED) is 0.672. The number of nitrogens with zero attached hydrogens (tertiary/aromatic N) is 2. The fourth-order valence-corrected chi connectivity index (χ4v) is 1.69. The number of rotatable bonds is 2. The Morgan fingerprint density at radius 3 is 2.67 bits per heavy atom. The van der Waals surface area contributed by atoms with Gasteiger partial charge in [-0.2, -0.15) is 4.55 Å². The molecular weight excluding hydrogens is 276 g/mol. The van der Waals surface area contributed by atoms with Crippen molar-refractivity contribution in [3.8, 4) is 0 Å². The van der Waals surface area contributed by atoms with Gasteiger partial charge in [-0.25, -0.2) is 0 Å². The predicted octanol–water partition coefficient (Wildman–Crippen LogP) is 3.07. The van der Waals surface area contributed by atoms with E-state index in [1.54, 1.807) is 18.6 Å². The second kappa shape index (κ2) is 5.09. The maximum Gasteiger partial charge on any atom is 0.294 e. The van der Waals surface area contributed by atoms with E-state index >= 15 is 0 Å². The van der Waals surface area contributed by atoms with E-state index in [0.29, 0.717) is 0 Å². The van der Waals surface area contributed by atoms with Crippen LogP contribution in [0, 0.1) is 0 Å². The van der Waals surface area contributed by atoms with E-state index in [4.69, 9.17) is 0 Å². The number of hydrogen-bond acceptors (Lipinski definition) is 3. The molecule has 0 fully saturated rings. The van der Waals surface area contributed by atoms with Crippen LogP contribution in [-0.2, 0) is 11.4 Å². The molecule has 0 radical (unpaired) electrons. The molecular formula is C10H14BrN2OS+. The third-order valence-electron chi connectivity index (χ3n) is 1.58. The minimum atomic E-state index is -0.968. The summed E-state index contributed by atoms with van der Waals surface area (Å²) in [5.74, 6) is 0. The maximum absolute atomic E-state index is 9.71. The van der Waals surface area contributed by atoms with Gasteiger partial charge in [-0.05, 0) is 47.2 Å². The lowest BCUT2D eigenvalue weighted by Gasteiger charge is -2.07. The van der Waals surface area contributed by atoms with Crippen molar-refractivity contribution in [3.63, 3.8) is 0 Å². The van der Waals surface area contributed by atoms with Crippen molar-refractivity contribution in [2.75, 3.05) is 0 Å². The zero-order valence-electron chi connectivity index (χ0n) is 8.94. The zero-order chi connectivity index (χ0) is 11.5. The molecule has 1 aromatic heterocycles. The Morgan fingerprint density at radius 1 is 1.47 bits per heavy atom. The lowest BCUT2D eigenvalue weighted by Crippen LogP contribution is -2.25. The zero-order valence-corrected chi connectivity index (χ0v) is 11.3. The Balaban J connectivity index is 2.74. The van der Waals surface area contributed by atoms with E-state index in [2.05, 4.69) is 25.3 Å². The topological polar surface area (TPSA) is 45.5 Å². The van der Waals surface area contributed by atoms with Crippen LogP contribution in [-0.4, -0.2) is 20.5 Å².